The van der Waals surface area contributed by atoms with Crippen LogP contribution in [0.3, 0.4) is 0 Å². The van der Waals surface area contributed by atoms with Gasteiger partial charge in [-0.1, -0.05) is 12.1 Å². The Balaban J connectivity index is 2.23. The van der Waals surface area contributed by atoms with Gasteiger partial charge in [0, 0.05) is 11.8 Å². The number of benzene rings is 2. The average Bonchev–Trinajstić information content (AvgIpc) is 2.74. The number of aromatic hydroxyl groups is 1. The van der Waals surface area contributed by atoms with Gasteiger partial charge in [0.15, 0.2) is 5.58 Å². The summed E-state index contributed by atoms with van der Waals surface area (Å²) >= 11 is 0. The molecule has 0 spiro atoms. The molecule has 3 rings (SSSR count). The van der Waals surface area contributed by atoms with Gasteiger partial charge < -0.3 is 15.3 Å². The van der Waals surface area contributed by atoms with Crippen LogP contribution < -0.4 is 5.73 Å². The number of oxazole rings is 1. The van der Waals surface area contributed by atoms with Crippen molar-refractivity contribution in [3.05, 3.63) is 42.0 Å². The molecular formula is C14H12N2O2. The molecule has 0 saturated carbocycles. The van der Waals surface area contributed by atoms with Crippen LogP contribution in [0.15, 0.2) is 40.8 Å². The van der Waals surface area contributed by atoms with Gasteiger partial charge in [-0.2, -0.15) is 0 Å². The van der Waals surface area contributed by atoms with E-state index in [4.69, 9.17) is 10.2 Å². The third-order valence-corrected chi connectivity index (χ3v) is 2.87. The fourth-order valence-electron chi connectivity index (χ4n) is 1.93. The smallest absolute Gasteiger partial charge is 0.231 e. The molecule has 0 aliphatic rings. The average molecular weight is 240 g/mol. The molecule has 2 aromatic carbocycles. The Morgan fingerprint density at radius 1 is 1.22 bits per heavy atom. The van der Waals surface area contributed by atoms with Crippen LogP contribution in [0, 0.1) is 6.92 Å². The molecule has 1 heterocycles. The van der Waals surface area contributed by atoms with Gasteiger partial charge in [-0.05, 0) is 30.7 Å². The first kappa shape index (κ1) is 10.7. The van der Waals surface area contributed by atoms with E-state index in [-0.39, 0.29) is 5.75 Å². The Bertz CT molecular complexity index is 732. The second-order valence-corrected chi connectivity index (χ2v) is 4.22. The minimum atomic E-state index is 0.0687. The number of hydrogen-bond donors (Lipinski definition) is 2. The molecule has 0 radical (unpaired) electrons. The third kappa shape index (κ3) is 1.59. The van der Waals surface area contributed by atoms with Gasteiger partial charge >= 0.3 is 0 Å². The van der Waals surface area contributed by atoms with Gasteiger partial charge in [-0.15, -0.1) is 0 Å². The molecule has 0 fully saturated rings. The van der Waals surface area contributed by atoms with E-state index in [1.54, 1.807) is 12.1 Å². The van der Waals surface area contributed by atoms with Gasteiger partial charge in [0.25, 0.3) is 0 Å². The molecule has 90 valence electrons. The minimum absolute atomic E-state index is 0.0687. The van der Waals surface area contributed by atoms with E-state index < -0.39 is 0 Å². The quantitative estimate of drug-likeness (QED) is 0.641. The molecule has 0 saturated heterocycles. The summed E-state index contributed by atoms with van der Waals surface area (Å²) in [4.78, 5) is 4.41. The summed E-state index contributed by atoms with van der Waals surface area (Å²) in [6, 6.07) is 10.6. The fraction of sp³-hybridized carbons (Fsp3) is 0.0714. The molecule has 3 aromatic rings. The number of hydrogen-bond acceptors (Lipinski definition) is 4. The molecule has 0 aliphatic heterocycles. The van der Waals surface area contributed by atoms with Gasteiger partial charge in [0.1, 0.15) is 11.3 Å². The molecule has 0 atom stereocenters. The molecule has 1 aromatic heterocycles. The van der Waals surface area contributed by atoms with Crippen molar-refractivity contribution < 1.29 is 9.52 Å². The lowest BCUT2D eigenvalue weighted by molar-refractivity contribution is 0.474. The number of phenolic OH excluding ortho intramolecular Hbond substituents is 1. The maximum absolute atomic E-state index is 9.86. The highest BCUT2D eigenvalue weighted by Crippen LogP contribution is 2.32. The van der Waals surface area contributed by atoms with Crippen molar-refractivity contribution in [3.63, 3.8) is 0 Å². The van der Waals surface area contributed by atoms with Crippen LogP contribution in [-0.4, -0.2) is 10.1 Å². The van der Waals surface area contributed by atoms with Crippen LogP contribution in [0.1, 0.15) is 5.56 Å². The topological polar surface area (TPSA) is 72.3 Å². The lowest BCUT2D eigenvalue weighted by atomic mass is 10.2. The molecule has 4 heteroatoms. The first-order chi connectivity index (χ1) is 8.65. The SMILES string of the molecule is Cc1cccc2oc(-c3ccc(N)cc3O)nc12. The van der Waals surface area contributed by atoms with Crippen LogP contribution in [0.2, 0.25) is 0 Å². The van der Waals surface area contributed by atoms with Crippen LogP contribution in [0.25, 0.3) is 22.6 Å². The van der Waals surface area contributed by atoms with E-state index in [1.165, 1.54) is 6.07 Å². The van der Waals surface area contributed by atoms with E-state index in [0.717, 1.165) is 11.1 Å². The van der Waals surface area contributed by atoms with Crippen molar-refractivity contribution in [3.8, 4) is 17.2 Å². The first-order valence-electron chi connectivity index (χ1n) is 5.60. The van der Waals surface area contributed by atoms with Crippen LogP contribution in [0.5, 0.6) is 5.75 Å². The third-order valence-electron chi connectivity index (χ3n) is 2.87. The Labute approximate surface area is 104 Å². The molecular weight excluding hydrogens is 228 g/mol. The minimum Gasteiger partial charge on any atom is -0.507 e. The Morgan fingerprint density at radius 3 is 2.78 bits per heavy atom. The molecule has 3 N–H and O–H groups in total. The highest BCUT2D eigenvalue weighted by molar-refractivity contribution is 5.80. The summed E-state index contributed by atoms with van der Waals surface area (Å²) in [5.74, 6) is 0.469. The number of nitrogens with two attached hydrogens (primary N) is 1. The number of rotatable bonds is 1. The summed E-state index contributed by atoms with van der Waals surface area (Å²) in [5, 5.41) is 9.86. The lowest BCUT2D eigenvalue weighted by Gasteiger charge is -2.00. The first-order valence-corrected chi connectivity index (χ1v) is 5.60. The maximum atomic E-state index is 9.86. The highest BCUT2D eigenvalue weighted by atomic mass is 16.3. The molecule has 0 amide bonds. The summed E-state index contributed by atoms with van der Waals surface area (Å²) in [5.41, 5.74) is 9.20. The molecule has 0 aliphatic carbocycles. The number of aromatic nitrogens is 1. The van der Waals surface area contributed by atoms with Crippen molar-refractivity contribution in [2.45, 2.75) is 6.92 Å². The van der Waals surface area contributed by atoms with Crippen LogP contribution >= 0.6 is 0 Å². The van der Waals surface area contributed by atoms with Crippen LogP contribution in [0.4, 0.5) is 5.69 Å². The number of phenols is 1. The Hall–Kier alpha value is -2.49. The standard InChI is InChI=1S/C14H12N2O2/c1-8-3-2-4-12-13(8)16-14(18-12)10-6-5-9(15)7-11(10)17/h2-7,17H,15H2,1H3. The monoisotopic (exact) mass is 240 g/mol. The van der Waals surface area contributed by atoms with Crippen molar-refractivity contribution in [1.82, 2.24) is 4.98 Å². The summed E-state index contributed by atoms with van der Waals surface area (Å²) < 4.78 is 5.64. The molecule has 4 nitrogen and oxygen atoms in total. The summed E-state index contributed by atoms with van der Waals surface area (Å²) in [6.45, 7) is 1.97. The summed E-state index contributed by atoms with van der Waals surface area (Å²) in [6.07, 6.45) is 0. The second-order valence-electron chi connectivity index (χ2n) is 4.22. The van der Waals surface area contributed by atoms with Crippen molar-refractivity contribution in [1.29, 1.82) is 0 Å². The van der Waals surface area contributed by atoms with Crippen molar-refractivity contribution >= 4 is 16.8 Å². The van der Waals surface area contributed by atoms with Gasteiger partial charge in [0.05, 0.1) is 5.56 Å². The predicted molar refractivity (Wildman–Crippen MR) is 70.3 cm³/mol. The summed E-state index contributed by atoms with van der Waals surface area (Å²) in [7, 11) is 0. The van der Waals surface area contributed by atoms with E-state index in [1.807, 2.05) is 25.1 Å². The maximum Gasteiger partial charge on any atom is 0.231 e. The number of nitrogen functional groups attached to an aromatic ring is 1. The number of para-hydroxylation sites is 1. The number of nitrogens with zero attached hydrogens (tertiary/aromatic N) is 1. The van der Waals surface area contributed by atoms with E-state index >= 15 is 0 Å². The van der Waals surface area contributed by atoms with E-state index in [2.05, 4.69) is 4.98 Å². The number of anilines is 1. The zero-order valence-corrected chi connectivity index (χ0v) is 9.84. The molecule has 18 heavy (non-hydrogen) atoms. The van der Waals surface area contributed by atoms with Crippen molar-refractivity contribution in [2.24, 2.45) is 0 Å². The highest BCUT2D eigenvalue weighted by Gasteiger charge is 2.13. The zero-order chi connectivity index (χ0) is 12.7. The lowest BCUT2D eigenvalue weighted by Crippen LogP contribution is -1.85. The fourth-order valence-corrected chi connectivity index (χ4v) is 1.93. The number of aryl methyl sites for hydroxylation is 1. The van der Waals surface area contributed by atoms with Gasteiger partial charge in [-0.25, -0.2) is 4.98 Å². The Kier molecular flexibility index (Phi) is 2.23. The molecule has 0 bridgehead atoms. The largest absolute Gasteiger partial charge is 0.507 e. The van der Waals surface area contributed by atoms with Crippen LogP contribution in [-0.2, 0) is 0 Å². The predicted octanol–water partition coefficient (Wildman–Crippen LogP) is 3.09. The number of fused-ring (bicyclic) bond motifs is 1. The zero-order valence-electron chi connectivity index (χ0n) is 9.84. The molecule has 0 unspecified atom stereocenters. The Morgan fingerprint density at radius 2 is 2.06 bits per heavy atom. The van der Waals surface area contributed by atoms with Gasteiger partial charge in [-0.3, -0.25) is 0 Å². The second kappa shape index (κ2) is 3.77. The van der Waals surface area contributed by atoms with Gasteiger partial charge in [0.2, 0.25) is 5.89 Å². The normalized spacial score (nSPS) is 10.9. The van der Waals surface area contributed by atoms with E-state index in [9.17, 15) is 5.11 Å². The van der Waals surface area contributed by atoms with Crippen molar-refractivity contribution in [2.75, 3.05) is 5.73 Å². The van der Waals surface area contributed by atoms with E-state index in [0.29, 0.717) is 22.7 Å².